The van der Waals surface area contributed by atoms with Crippen LogP contribution < -0.4 is 25.0 Å². The van der Waals surface area contributed by atoms with E-state index in [0.29, 0.717) is 43.5 Å². The van der Waals surface area contributed by atoms with Gasteiger partial charge in [-0.25, -0.2) is 9.69 Å². The van der Waals surface area contributed by atoms with Crippen LogP contribution in [-0.2, 0) is 14.4 Å². The Balaban J connectivity index is 1.60. The second kappa shape index (κ2) is 12.5. The number of anilines is 2. The van der Waals surface area contributed by atoms with Crippen molar-refractivity contribution in [2.75, 3.05) is 23.4 Å². The number of nitrogens with zero attached hydrogens (tertiary/aromatic N) is 1. The number of benzene rings is 3. The van der Waals surface area contributed by atoms with Crippen LogP contribution in [0.5, 0.6) is 11.5 Å². The third-order valence-corrected chi connectivity index (χ3v) is 7.08. The second-order valence-electron chi connectivity index (χ2n) is 8.81. The summed E-state index contributed by atoms with van der Waals surface area (Å²) < 4.78 is 12.1. The van der Waals surface area contributed by atoms with E-state index in [-0.39, 0.29) is 23.8 Å². The average Bonchev–Trinajstić information content (AvgIpc) is 2.88. The largest absolute Gasteiger partial charge is 0.490 e. The summed E-state index contributed by atoms with van der Waals surface area (Å²) in [5.41, 5.74) is 2.67. The van der Waals surface area contributed by atoms with Crippen molar-refractivity contribution in [3.05, 3.63) is 85.5 Å². The van der Waals surface area contributed by atoms with Gasteiger partial charge >= 0.3 is 6.03 Å². The van der Waals surface area contributed by atoms with E-state index in [4.69, 9.17) is 21.1 Å². The molecule has 4 rings (SSSR count). The molecule has 0 atom stereocenters. The summed E-state index contributed by atoms with van der Waals surface area (Å²) in [6.07, 6.45) is 1.37. The first-order chi connectivity index (χ1) is 19.1. The van der Waals surface area contributed by atoms with E-state index in [1.165, 1.54) is 6.08 Å². The fourth-order valence-corrected chi connectivity index (χ4v) is 4.96. The van der Waals surface area contributed by atoms with E-state index < -0.39 is 17.8 Å². The Bertz CT molecular complexity index is 1550. The van der Waals surface area contributed by atoms with E-state index in [0.717, 1.165) is 10.5 Å². The molecule has 0 saturated carbocycles. The quantitative estimate of drug-likeness (QED) is 0.182. The van der Waals surface area contributed by atoms with Crippen molar-refractivity contribution in [3.63, 3.8) is 0 Å². The molecule has 5 amide bonds. The van der Waals surface area contributed by atoms with Gasteiger partial charge in [-0.1, -0.05) is 29.8 Å². The monoisotopic (exact) mass is 673 g/mol. The van der Waals surface area contributed by atoms with Gasteiger partial charge in [-0.15, -0.1) is 0 Å². The zero-order valence-corrected chi connectivity index (χ0v) is 24.8. The van der Waals surface area contributed by atoms with Crippen LogP contribution in [0.4, 0.5) is 16.2 Å². The number of imide groups is 2. The van der Waals surface area contributed by atoms with Gasteiger partial charge in [-0.3, -0.25) is 19.7 Å². The summed E-state index contributed by atoms with van der Waals surface area (Å²) in [6.45, 7) is 5.44. The Morgan fingerprint density at radius 3 is 2.55 bits per heavy atom. The van der Waals surface area contributed by atoms with Crippen molar-refractivity contribution in [2.24, 2.45) is 0 Å². The first kappa shape index (κ1) is 29.1. The summed E-state index contributed by atoms with van der Waals surface area (Å²) in [7, 11) is 0. The van der Waals surface area contributed by atoms with Crippen molar-refractivity contribution < 1.29 is 28.7 Å². The third-order valence-electron chi connectivity index (χ3n) is 5.87. The molecule has 0 bridgehead atoms. The number of aryl methyl sites for hydroxylation is 1. The van der Waals surface area contributed by atoms with Crippen LogP contribution in [0.1, 0.15) is 23.6 Å². The molecule has 206 valence electrons. The van der Waals surface area contributed by atoms with Gasteiger partial charge < -0.3 is 14.8 Å². The van der Waals surface area contributed by atoms with Gasteiger partial charge in [0.15, 0.2) is 18.1 Å². The summed E-state index contributed by atoms with van der Waals surface area (Å²) >= 11 is 8.22. The standard InChI is InChI=1S/C29H25ClIN3O6/c1-4-39-24-14-18(13-22(31)26(24)40-15-25(35)32-19-8-5-7-16(2)11-19)12-20-27(36)33-29(38)34(28(20)37)23-10-6-9-21(30)17(23)3/h5-14H,4,15H2,1-3H3,(H,32,35)(H,33,36,38)/b20-12+. The van der Waals surface area contributed by atoms with Gasteiger partial charge in [0.25, 0.3) is 17.7 Å². The van der Waals surface area contributed by atoms with E-state index in [9.17, 15) is 19.2 Å². The molecule has 1 saturated heterocycles. The van der Waals surface area contributed by atoms with E-state index in [1.54, 1.807) is 50.2 Å². The molecule has 0 aromatic heterocycles. The number of barbiturate groups is 1. The molecule has 1 aliphatic rings. The normalized spacial score (nSPS) is 14.3. The Labute approximate surface area is 249 Å². The fraction of sp³-hybridized carbons (Fsp3) is 0.172. The highest BCUT2D eigenvalue weighted by molar-refractivity contribution is 14.1. The van der Waals surface area contributed by atoms with Crippen LogP contribution in [0.25, 0.3) is 6.08 Å². The second-order valence-corrected chi connectivity index (χ2v) is 10.4. The van der Waals surface area contributed by atoms with Gasteiger partial charge in [0, 0.05) is 10.7 Å². The Morgan fingerprint density at radius 2 is 1.82 bits per heavy atom. The van der Waals surface area contributed by atoms with Crippen molar-refractivity contribution >= 4 is 75.4 Å². The number of carbonyl (C=O) groups is 4. The van der Waals surface area contributed by atoms with Crippen molar-refractivity contribution in [1.82, 2.24) is 5.32 Å². The topological polar surface area (TPSA) is 114 Å². The van der Waals surface area contributed by atoms with Crippen LogP contribution in [0.2, 0.25) is 5.02 Å². The summed E-state index contributed by atoms with van der Waals surface area (Å²) in [5.74, 6) is -1.30. The molecule has 9 nitrogen and oxygen atoms in total. The number of amides is 5. The predicted octanol–water partition coefficient (Wildman–Crippen LogP) is 5.64. The zero-order valence-electron chi connectivity index (χ0n) is 21.8. The van der Waals surface area contributed by atoms with Gasteiger partial charge in [0.05, 0.1) is 15.9 Å². The number of halogens is 2. The van der Waals surface area contributed by atoms with Crippen LogP contribution in [-0.4, -0.2) is 37.0 Å². The van der Waals surface area contributed by atoms with Crippen molar-refractivity contribution in [2.45, 2.75) is 20.8 Å². The Morgan fingerprint density at radius 1 is 1.07 bits per heavy atom. The number of hydrogen-bond acceptors (Lipinski definition) is 6. The third kappa shape index (κ3) is 6.45. The minimum Gasteiger partial charge on any atom is -0.490 e. The SMILES string of the molecule is CCOc1cc(/C=C2\C(=O)NC(=O)N(c3cccc(Cl)c3C)C2=O)cc(I)c1OCC(=O)Nc1cccc(C)c1. The number of carbonyl (C=O) groups excluding carboxylic acids is 4. The predicted molar refractivity (Wildman–Crippen MR) is 161 cm³/mol. The van der Waals surface area contributed by atoms with Crippen LogP contribution in [0.15, 0.2) is 60.2 Å². The Kier molecular flexibility index (Phi) is 9.10. The summed E-state index contributed by atoms with van der Waals surface area (Å²) in [4.78, 5) is 52.0. The minimum absolute atomic E-state index is 0.247. The van der Waals surface area contributed by atoms with Crippen LogP contribution in [0, 0.1) is 17.4 Å². The molecule has 2 N–H and O–H groups in total. The highest BCUT2D eigenvalue weighted by Gasteiger charge is 2.37. The fourth-order valence-electron chi connectivity index (χ4n) is 4.01. The molecule has 0 aliphatic carbocycles. The van der Waals surface area contributed by atoms with Gasteiger partial charge in [-0.2, -0.15) is 0 Å². The number of rotatable bonds is 8. The molecule has 3 aromatic carbocycles. The van der Waals surface area contributed by atoms with Crippen LogP contribution in [0.3, 0.4) is 0 Å². The molecule has 0 unspecified atom stereocenters. The number of ether oxygens (including phenoxy) is 2. The summed E-state index contributed by atoms with van der Waals surface area (Å²) in [6, 6.07) is 14.6. The molecule has 3 aromatic rings. The Hall–Kier alpha value is -3.90. The maximum Gasteiger partial charge on any atom is 0.335 e. The average molecular weight is 674 g/mol. The van der Waals surface area contributed by atoms with Gasteiger partial charge in [0.1, 0.15) is 5.57 Å². The van der Waals surface area contributed by atoms with E-state index >= 15 is 0 Å². The first-order valence-corrected chi connectivity index (χ1v) is 13.7. The van der Waals surface area contributed by atoms with Crippen LogP contribution >= 0.6 is 34.2 Å². The molecule has 11 heteroatoms. The maximum atomic E-state index is 13.4. The lowest BCUT2D eigenvalue weighted by atomic mass is 10.1. The van der Waals surface area contributed by atoms with E-state index in [1.807, 2.05) is 47.7 Å². The number of hydrogen-bond donors (Lipinski definition) is 2. The highest BCUT2D eigenvalue weighted by atomic mass is 127. The lowest BCUT2D eigenvalue weighted by Crippen LogP contribution is -2.54. The van der Waals surface area contributed by atoms with E-state index in [2.05, 4.69) is 10.6 Å². The smallest absolute Gasteiger partial charge is 0.335 e. The lowest BCUT2D eigenvalue weighted by Gasteiger charge is -2.27. The molecule has 0 spiro atoms. The minimum atomic E-state index is -0.866. The molecule has 1 aliphatic heterocycles. The zero-order chi connectivity index (χ0) is 29.0. The van der Waals surface area contributed by atoms with Crippen molar-refractivity contribution in [3.8, 4) is 11.5 Å². The number of urea groups is 1. The molecule has 40 heavy (non-hydrogen) atoms. The molecule has 1 heterocycles. The van der Waals surface area contributed by atoms with Gasteiger partial charge in [0.2, 0.25) is 0 Å². The number of nitrogens with one attached hydrogen (secondary N) is 2. The molecule has 0 radical (unpaired) electrons. The highest BCUT2D eigenvalue weighted by Crippen LogP contribution is 2.36. The molecule has 1 fully saturated rings. The first-order valence-electron chi connectivity index (χ1n) is 12.2. The lowest BCUT2D eigenvalue weighted by molar-refractivity contribution is -0.122. The molecular formula is C29H25ClIN3O6. The molecular weight excluding hydrogens is 649 g/mol. The van der Waals surface area contributed by atoms with Gasteiger partial charge in [-0.05, 0) is 103 Å². The maximum absolute atomic E-state index is 13.4. The van der Waals surface area contributed by atoms with Crippen molar-refractivity contribution in [1.29, 1.82) is 0 Å². The summed E-state index contributed by atoms with van der Waals surface area (Å²) in [5, 5.41) is 5.37.